The number of amides is 2. The summed E-state index contributed by atoms with van der Waals surface area (Å²) in [5.41, 5.74) is -0.423. The van der Waals surface area contributed by atoms with E-state index in [0.717, 1.165) is 0 Å². The normalized spacial score (nSPS) is 18.6. The van der Waals surface area contributed by atoms with Gasteiger partial charge in [0.05, 0.1) is 5.02 Å². The number of hydrogen-bond acceptors (Lipinski definition) is 6. The number of nitrogens with zero attached hydrogens (tertiary/aromatic N) is 2. The number of hydrogen-bond donors (Lipinski definition) is 2. The largest absolute Gasteiger partial charge is 0.480 e. The summed E-state index contributed by atoms with van der Waals surface area (Å²) < 4.78 is 0. The third-order valence-corrected chi connectivity index (χ3v) is 5.60. The van der Waals surface area contributed by atoms with Gasteiger partial charge >= 0.3 is 5.97 Å². The predicted molar refractivity (Wildman–Crippen MR) is 91.0 cm³/mol. The molecule has 0 bridgehead atoms. The zero-order valence-electron chi connectivity index (χ0n) is 13.2. The molecule has 2 amide bonds. The molecule has 3 heterocycles. The summed E-state index contributed by atoms with van der Waals surface area (Å²) in [4.78, 5) is 42.6. The summed E-state index contributed by atoms with van der Waals surface area (Å²) in [6.07, 6.45) is 1.39. The zero-order valence-corrected chi connectivity index (χ0v) is 14.7. The van der Waals surface area contributed by atoms with E-state index in [0.29, 0.717) is 42.3 Å². The zero-order chi connectivity index (χ0) is 18.0. The van der Waals surface area contributed by atoms with Gasteiger partial charge in [-0.3, -0.25) is 14.4 Å². The Bertz CT molecular complexity index is 739. The number of halogens is 1. The maximum atomic E-state index is 12.5. The Hall–Kier alpha value is -2.13. The lowest BCUT2D eigenvalue weighted by Crippen LogP contribution is -2.47. The highest BCUT2D eigenvalue weighted by Crippen LogP contribution is 2.35. The first kappa shape index (κ1) is 17.7. The van der Waals surface area contributed by atoms with Gasteiger partial charge in [-0.2, -0.15) is 0 Å². The second-order valence-electron chi connectivity index (χ2n) is 5.96. The topological polar surface area (TPSA) is 108 Å². The number of carboxylic acids is 1. The van der Waals surface area contributed by atoms with Crippen LogP contribution < -0.4 is 5.32 Å². The number of aliphatic carboxylic acids is 1. The third-order valence-electron chi connectivity index (χ3n) is 4.27. The van der Waals surface area contributed by atoms with Crippen LogP contribution in [0.1, 0.15) is 28.9 Å². The number of carbonyl (C=O) groups excluding carboxylic acids is 2. The molecule has 2 N–H and O–H groups in total. The molecule has 0 atom stereocenters. The van der Waals surface area contributed by atoms with Crippen molar-refractivity contribution in [2.75, 3.05) is 19.6 Å². The van der Waals surface area contributed by atoms with Gasteiger partial charge in [0.25, 0.3) is 11.8 Å². The van der Waals surface area contributed by atoms with Gasteiger partial charge in [0.15, 0.2) is 0 Å². The molecule has 25 heavy (non-hydrogen) atoms. The van der Waals surface area contributed by atoms with Crippen LogP contribution in [0, 0.1) is 0 Å². The first-order valence-corrected chi connectivity index (χ1v) is 8.93. The van der Waals surface area contributed by atoms with E-state index < -0.39 is 24.0 Å². The number of carbonyl (C=O) groups is 3. The number of thiophene rings is 1. The van der Waals surface area contributed by atoms with Gasteiger partial charge in [-0.05, 0) is 11.4 Å². The molecule has 1 fully saturated rings. The molecular formula is C15H16ClN3O5S. The molecule has 0 unspecified atom stereocenters. The molecule has 8 nitrogen and oxygen atoms in total. The van der Waals surface area contributed by atoms with E-state index in [2.05, 4.69) is 10.5 Å². The van der Waals surface area contributed by atoms with Crippen molar-refractivity contribution in [2.24, 2.45) is 5.16 Å². The van der Waals surface area contributed by atoms with Crippen molar-refractivity contribution in [2.45, 2.75) is 24.9 Å². The molecule has 0 aliphatic carbocycles. The highest BCUT2D eigenvalue weighted by molar-refractivity contribution is 7.12. The van der Waals surface area contributed by atoms with Crippen LogP contribution in [0.4, 0.5) is 0 Å². The lowest BCUT2D eigenvalue weighted by Gasteiger charge is -2.37. The molecule has 0 radical (unpaired) electrons. The first-order chi connectivity index (χ1) is 11.9. The van der Waals surface area contributed by atoms with Crippen LogP contribution in [0.2, 0.25) is 5.02 Å². The Morgan fingerprint density at radius 1 is 1.40 bits per heavy atom. The van der Waals surface area contributed by atoms with Crippen LogP contribution in [-0.2, 0) is 14.4 Å². The molecule has 134 valence electrons. The maximum absolute atomic E-state index is 12.5. The number of rotatable bonds is 4. The summed E-state index contributed by atoms with van der Waals surface area (Å²) in [6.45, 7) is 0.494. The lowest BCUT2D eigenvalue weighted by atomic mass is 9.86. The van der Waals surface area contributed by atoms with E-state index in [4.69, 9.17) is 21.5 Å². The molecule has 2 aliphatic rings. The number of nitrogens with one attached hydrogen (secondary N) is 1. The quantitative estimate of drug-likeness (QED) is 0.813. The van der Waals surface area contributed by atoms with Crippen molar-refractivity contribution >= 4 is 46.4 Å². The van der Waals surface area contributed by atoms with E-state index in [1.807, 2.05) is 0 Å². The molecule has 1 aromatic heterocycles. The van der Waals surface area contributed by atoms with E-state index >= 15 is 0 Å². The van der Waals surface area contributed by atoms with Gasteiger partial charge in [-0.15, -0.1) is 11.3 Å². The van der Waals surface area contributed by atoms with Gasteiger partial charge in [0.1, 0.15) is 22.7 Å². The van der Waals surface area contributed by atoms with Crippen LogP contribution in [0.25, 0.3) is 0 Å². The minimum atomic E-state index is -1.12. The number of carboxylic acid groups (broad SMARTS) is 1. The average molecular weight is 386 g/mol. The van der Waals surface area contributed by atoms with Crippen molar-refractivity contribution in [1.82, 2.24) is 10.2 Å². The Morgan fingerprint density at radius 2 is 2.12 bits per heavy atom. The second kappa shape index (κ2) is 7.01. The summed E-state index contributed by atoms with van der Waals surface area (Å²) >= 11 is 7.32. The van der Waals surface area contributed by atoms with Crippen molar-refractivity contribution in [1.29, 1.82) is 0 Å². The third kappa shape index (κ3) is 3.77. The first-order valence-electron chi connectivity index (χ1n) is 7.67. The fourth-order valence-electron chi connectivity index (χ4n) is 2.88. The van der Waals surface area contributed by atoms with Crippen molar-refractivity contribution in [3.05, 3.63) is 21.3 Å². The van der Waals surface area contributed by atoms with Gasteiger partial charge < -0.3 is 20.2 Å². The lowest BCUT2D eigenvalue weighted by molar-refractivity contribution is -0.137. The van der Waals surface area contributed by atoms with Crippen LogP contribution in [0.15, 0.2) is 16.6 Å². The van der Waals surface area contributed by atoms with E-state index in [9.17, 15) is 14.4 Å². The Labute approximate surface area is 152 Å². The molecular weight excluding hydrogens is 370 g/mol. The molecule has 0 aromatic carbocycles. The van der Waals surface area contributed by atoms with Crippen LogP contribution in [-0.4, -0.2) is 58.7 Å². The molecule has 10 heteroatoms. The highest BCUT2D eigenvalue weighted by atomic mass is 35.5. The molecule has 1 saturated heterocycles. The Morgan fingerprint density at radius 3 is 2.72 bits per heavy atom. The fraction of sp³-hybridized carbons (Fsp3) is 0.467. The van der Waals surface area contributed by atoms with Crippen molar-refractivity contribution < 1.29 is 24.3 Å². The average Bonchev–Trinajstić information content (AvgIpc) is 3.20. The van der Waals surface area contributed by atoms with E-state index in [1.54, 1.807) is 16.3 Å². The van der Waals surface area contributed by atoms with Crippen molar-refractivity contribution in [3.8, 4) is 0 Å². The molecule has 3 rings (SSSR count). The number of oxime groups is 1. The monoisotopic (exact) mass is 385 g/mol. The predicted octanol–water partition coefficient (Wildman–Crippen LogP) is 1.35. The van der Waals surface area contributed by atoms with Crippen molar-refractivity contribution in [3.63, 3.8) is 0 Å². The Kier molecular flexibility index (Phi) is 4.96. The molecule has 1 spiro atoms. The molecule has 0 saturated carbocycles. The maximum Gasteiger partial charge on any atom is 0.322 e. The second-order valence-corrected chi connectivity index (χ2v) is 7.28. The van der Waals surface area contributed by atoms with Gasteiger partial charge in [-0.25, -0.2) is 0 Å². The number of likely N-dealkylation sites (tertiary alicyclic amines) is 1. The van der Waals surface area contributed by atoms with Crippen LogP contribution in [0.3, 0.4) is 0 Å². The standard InChI is InChI=1S/C15H16ClN3O5S/c16-9-1-6-25-12(9)14(23)19-4-2-15(3-5-19)7-10(18-24-15)13(22)17-8-11(20)21/h1,6H,2-5,7-8H2,(H,17,22)(H,20,21). The van der Waals surface area contributed by atoms with E-state index in [-0.39, 0.29) is 11.6 Å². The summed E-state index contributed by atoms with van der Waals surface area (Å²) in [5, 5.41) is 16.9. The van der Waals surface area contributed by atoms with Gasteiger partial charge in [-0.1, -0.05) is 16.8 Å². The molecule has 2 aliphatic heterocycles. The fourth-order valence-corrected chi connectivity index (χ4v) is 3.98. The van der Waals surface area contributed by atoms with Gasteiger partial charge in [0, 0.05) is 32.4 Å². The SMILES string of the molecule is O=C(O)CNC(=O)C1=NOC2(CCN(C(=O)c3sccc3Cl)CC2)C1. The summed E-state index contributed by atoms with van der Waals surface area (Å²) in [7, 11) is 0. The molecule has 1 aromatic rings. The van der Waals surface area contributed by atoms with E-state index in [1.165, 1.54) is 11.3 Å². The minimum Gasteiger partial charge on any atom is -0.480 e. The van der Waals surface area contributed by atoms with Gasteiger partial charge in [0.2, 0.25) is 0 Å². The van der Waals surface area contributed by atoms with Crippen LogP contribution in [0.5, 0.6) is 0 Å². The summed E-state index contributed by atoms with van der Waals surface area (Å²) in [6, 6.07) is 1.70. The minimum absolute atomic E-state index is 0.104. The number of piperidine rings is 1. The smallest absolute Gasteiger partial charge is 0.322 e. The highest BCUT2D eigenvalue weighted by Gasteiger charge is 2.44. The Balaban J connectivity index is 1.54. The summed E-state index contributed by atoms with van der Waals surface area (Å²) in [5.74, 6) is -1.77. The van der Waals surface area contributed by atoms with Crippen LogP contribution >= 0.6 is 22.9 Å².